The van der Waals surface area contributed by atoms with Crippen LogP contribution in [0, 0.1) is 0 Å². The fourth-order valence-corrected chi connectivity index (χ4v) is 2.54. The summed E-state index contributed by atoms with van der Waals surface area (Å²) >= 11 is 3.45. The van der Waals surface area contributed by atoms with Gasteiger partial charge in [0.1, 0.15) is 0 Å². The molecule has 2 aromatic carbocycles. The first-order valence-electron chi connectivity index (χ1n) is 5.88. The van der Waals surface area contributed by atoms with E-state index in [1.54, 1.807) is 4.90 Å². The summed E-state index contributed by atoms with van der Waals surface area (Å²) < 4.78 is 6.11. The molecule has 3 rings (SSSR count). The van der Waals surface area contributed by atoms with Crippen LogP contribution in [0.15, 0.2) is 40.9 Å². The van der Waals surface area contributed by atoms with Crippen LogP contribution in [0.25, 0.3) is 10.8 Å². The summed E-state index contributed by atoms with van der Waals surface area (Å²) in [6.45, 7) is 1.25. The lowest BCUT2D eigenvalue weighted by molar-refractivity contribution is 0.140. The van der Waals surface area contributed by atoms with Gasteiger partial charge in [-0.25, -0.2) is 4.79 Å². The average molecular weight is 306 g/mol. The van der Waals surface area contributed by atoms with Gasteiger partial charge >= 0.3 is 6.09 Å². The van der Waals surface area contributed by atoms with Crippen molar-refractivity contribution in [3.8, 4) is 0 Å². The molecule has 1 aliphatic rings. The molecule has 0 atom stereocenters. The van der Waals surface area contributed by atoms with Gasteiger partial charge in [-0.05, 0) is 41.5 Å². The highest BCUT2D eigenvalue weighted by Crippen LogP contribution is 2.26. The van der Waals surface area contributed by atoms with E-state index in [0.717, 1.165) is 33.9 Å². The van der Waals surface area contributed by atoms with Crippen molar-refractivity contribution in [1.82, 2.24) is 0 Å². The molecule has 1 fully saturated rings. The third kappa shape index (κ3) is 2.08. The Kier molecular flexibility index (Phi) is 2.96. The molecule has 1 aliphatic heterocycles. The third-order valence-electron chi connectivity index (χ3n) is 3.07. The fourth-order valence-electron chi connectivity index (χ4n) is 2.16. The number of halogens is 1. The van der Waals surface area contributed by atoms with E-state index in [1.165, 1.54) is 0 Å². The Labute approximate surface area is 113 Å². The molecule has 0 aliphatic carbocycles. The van der Waals surface area contributed by atoms with Gasteiger partial charge in [-0.15, -0.1) is 0 Å². The second-order valence-electron chi connectivity index (χ2n) is 4.30. The van der Waals surface area contributed by atoms with Crippen molar-refractivity contribution in [3.05, 3.63) is 40.9 Å². The summed E-state index contributed by atoms with van der Waals surface area (Å²) in [6, 6.07) is 12.1. The largest absolute Gasteiger partial charge is 0.449 e. The molecule has 1 saturated heterocycles. The summed E-state index contributed by atoms with van der Waals surface area (Å²) in [5.74, 6) is 0. The van der Waals surface area contributed by atoms with Gasteiger partial charge in [-0.2, -0.15) is 0 Å². The van der Waals surface area contributed by atoms with Gasteiger partial charge in [-0.3, -0.25) is 4.90 Å². The SMILES string of the molecule is O=C1OCCCN1c1ccc2cc(Br)ccc2c1. The maximum Gasteiger partial charge on any atom is 0.414 e. The monoisotopic (exact) mass is 305 g/mol. The van der Waals surface area contributed by atoms with Gasteiger partial charge in [0.05, 0.1) is 6.61 Å². The number of ether oxygens (including phenoxy) is 1. The van der Waals surface area contributed by atoms with Crippen molar-refractivity contribution in [2.75, 3.05) is 18.1 Å². The van der Waals surface area contributed by atoms with Gasteiger partial charge in [0.2, 0.25) is 0 Å². The Morgan fingerprint density at radius 1 is 1.11 bits per heavy atom. The molecule has 0 radical (unpaired) electrons. The molecule has 4 heteroatoms. The Morgan fingerprint density at radius 2 is 1.89 bits per heavy atom. The molecule has 0 N–H and O–H groups in total. The number of fused-ring (bicyclic) bond motifs is 1. The second kappa shape index (κ2) is 4.61. The van der Waals surface area contributed by atoms with Crippen molar-refractivity contribution < 1.29 is 9.53 Å². The van der Waals surface area contributed by atoms with Crippen molar-refractivity contribution in [1.29, 1.82) is 0 Å². The number of rotatable bonds is 1. The van der Waals surface area contributed by atoms with E-state index in [9.17, 15) is 4.79 Å². The minimum atomic E-state index is -0.252. The summed E-state index contributed by atoms with van der Waals surface area (Å²) in [7, 11) is 0. The highest BCUT2D eigenvalue weighted by molar-refractivity contribution is 9.10. The zero-order valence-corrected chi connectivity index (χ0v) is 11.3. The quantitative estimate of drug-likeness (QED) is 0.798. The molecule has 2 aromatic rings. The molecule has 1 heterocycles. The van der Waals surface area contributed by atoms with Gasteiger partial charge in [0, 0.05) is 16.7 Å². The molecule has 1 amide bonds. The molecule has 0 saturated carbocycles. The van der Waals surface area contributed by atoms with Gasteiger partial charge in [0.25, 0.3) is 0 Å². The number of nitrogens with zero attached hydrogens (tertiary/aromatic N) is 1. The first kappa shape index (κ1) is 11.5. The fraction of sp³-hybridized carbons (Fsp3) is 0.214. The molecule has 0 aromatic heterocycles. The van der Waals surface area contributed by atoms with E-state index in [1.807, 2.05) is 30.3 Å². The molecular formula is C14H12BrNO2. The average Bonchev–Trinajstić information content (AvgIpc) is 2.39. The van der Waals surface area contributed by atoms with Crippen LogP contribution in [-0.4, -0.2) is 19.2 Å². The molecule has 3 nitrogen and oxygen atoms in total. The minimum Gasteiger partial charge on any atom is -0.449 e. The van der Waals surface area contributed by atoms with Crippen molar-refractivity contribution in [3.63, 3.8) is 0 Å². The van der Waals surface area contributed by atoms with Crippen LogP contribution in [0.2, 0.25) is 0 Å². The zero-order chi connectivity index (χ0) is 12.5. The Bertz CT molecular complexity index is 612. The first-order valence-corrected chi connectivity index (χ1v) is 6.67. The zero-order valence-electron chi connectivity index (χ0n) is 9.73. The molecule has 0 bridgehead atoms. The lowest BCUT2D eigenvalue weighted by Crippen LogP contribution is -2.37. The normalized spacial score (nSPS) is 15.8. The minimum absolute atomic E-state index is 0.252. The third-order valence-corrected chi connectivity index (χ3v) is 3.56. The van der Waals surface area contributed by atoms with Gasteiger partial charge in [0.15, 0.2) is 0 Å². The predicted octanol–water partition coefficient (Wildman–Crippen LogP) is 3.95. The van der Waals surface area contributed by atoms with Crippen LogP contribution in [0.3, 0.4) is 0 Å². The number of carbonyl (C=O) groups excluding carboxylic acids is 1. The van der Waals surface area contributed by atoms with Crippen molar-refractivity contribution >= 4 is 38.5 Å². The Hall–Kier alpha value is -1.55. The number of hydrogen-bond acceptors (Lipinski definition) is 2. The topological polar surface area (TPSA) is 29.5 Å². The Balaban J connectivity index is 2.02. The summed E-state index contributed by atoms with van der Waals surface area (Å²) in [5, 5.41) is 2.27. The summed E-state index contributed by atoms with van der Waals surface area (Å²) in [4.78, 5) is 13.4. The Morgan fingerprint density at radius 3 is 2.72 bits per heavy atom. The maximum atomic E-state index is 11.7. The highest BCUT2D eigenvalue weighted by atomic mass is 79.9. The maximum absolute atomic E-state index is 11.7. The van der Waals surface area contributed by atoms with Crippen molar-refractivity contribution in [2.45, 2.75) is 6.42 Å². The molecule has 18 heavy (non-hydrogen) atoms. The number of benzene rings is 2. The smallest absolute Gasteiger partial charge is 0.414 e. The van der Waals surface area contributed by atoms with E-state index < -0.39 is 0 Å². The van der Waals surface area contributed by atoms with Crippen LogP contribution < -0.4 is 4.90 Å². The number of hydrogen-bond donors (Lipinski definition) is 0. The molecular weight excluding hydrogens is 294 g/mol. The van der Waals surface area contributed by atoms with E-state index >= 15 is 0 Å². The summed E-state index contributed by atoms with van der Waals surface area (Å²) in [6.07, 6.45) is 0.627. The molecule has 92 valence electrons. The highest BCUT2D eigenvalue weighted by Gasteiger charge is 2.21. The summed E-state index contributed by atoms with van der Waals surface area (Å²) in [5.41, 5.74) is 0.898. The lowest BCUT2D eigenvalue weighted by Gasteiger charge is -2.26. The van der Waals surface area contributed by atoms with Gasteiger partial charge in [-0.1, -0.05) is 28.1 Å². The van der Waals surface area contributed by atoms with E-state index in [2.05, 4.69) is 22.0 Å². The van der Waals surface area contributed by atoms with Crippen LogP contribution in [0.1, 0.15) is 6.42 Å². The predicted molar refractivity (Wildman–Crippen MR) is 75.0 cm³/mol. The van der Waals surface area contributed by atoms with Crippen LogP contribution in [-0.2, 0) is 4.74 Å². The molecule has 0 unspecified atom stereocenters. The van der Waals surface area contributed by atoms with Crippen molar-refractivity contribution in [2.24, 2.45) is 0 Å². The number of amides is 1. The van der Waals surface area contributed by atoms with Crippen LogP contribution in [0.4, 0.5) is 10.5 Å². The van der Waals surface area contributed by atoms with E-state index in [-0.39, 0.29) is 6.09 Å². The number of cyclic esters (lactones) is 1. The van der Waals surface area contributed by atoms with Crippen LogP contribution >= 0.6 is 15.9 Å². The van der Waals surface area contributed by atoms with Gasteiger partial charge < -0.3 is 4.74 Å². The van der Waals surface area contributed by atoms with E-state index in [0.29, 0.717) is 6.61 Å². The van der Waals surface area contributed by atoms with E-state index in [4.69, 9.17) is 4.74 Å². The first-order chi connectivity index (χ1) is 8.74. The number of anilines is 1. The lowest BCUT2D eigenvalue weighted by atomic mass is 10.1. The number of carbonyl (C=O) groups is 1. The standard InChI is InChI=1S/C14H12BrNO2/c15-12-4-2-11-9-13(5-3-10(11)8-12)16-6-1-7-18-14(16)17/h2-5,8-9H,1,6-7H2. The van der Waals surface area contributed by atoms with Crippen LogP contribution in [0.5, 0.6) is 0 Å². The molecule has 0 spiro atoms. The second-order valence-corrected chi connectivity index (χ2v) is 5.21.